The second kappa shape index (κ2) is 5.55. The molecule has 1 aromatic heterocycles. The van der Waals surface area contributed by atoms with E-state index in [2.05, 4.69) is 20.2 Å². The minimum atomic E-state index is -3.25. The van der Waals surface area contributed by atoms with Crippen LogP contribution in [0, 0.1) is 0 Å². The number of rotatable bonds is 6. The van der Waals surface area contributed by atoms with Crippen molar-refractivity contribution in [3.63, 3.8) is 0 Å². The summed E-state index contributed by atoms with van der Waals surface area (Å²) in [4.78, 5) is 10.8. The van der Waals surface area contributed by atoms with Gasteiger partial charge in [0, 0.05) is 13.1 Å². The van der Waals surface area contributed by atoms with Crippen LogP contribution in [0.5, 0.6) is 0 Å². The summed E-state index contributed by atoms with van der Waals surface area (Å²) in [7, 11) is -3.25. The molecule has 0 radical (unpaired) electrons. The van der Waals surface area contributed by atoms with E-state index in [1.807, 2.05) is 0 Å². The monoisotopic (exact) mass is 260 g/mol. The molecule has 8 nitrogen and oxygen atoms in total. The van der Waals surface area contributed by atoms with Gasteiger partial charge in [0.15, 0.2) is 5.82 Å². The number of aromatic nitrogens is 2. The molecule has 0 aromatic carbocycles. The van der Waals surface area contributed by atoms with Gasteiger partial charge < -0.3 is 10.4 Å². The standard InChI is InChI=1S/C8H12N4O4S/c1-17(15,16)11-5-4-9-7-6(8(13)14)2-3-10-12-7/h2-3,11H,4-5H2,1H3,(H,9,12)(H,13,14). The Hall–Kier alpha value is -1.74. The minimum absolute atomic E-state index is 0.0145. The SMILES string of the molecule is CS(=O)(=O)NCCNc1nnccc1C(=O)O. The van der Waals surface area contributed by atoms with E-state index in [1.165, 1.54) is 12.3 Å². The zero-order valence-corrected chi connectivity index (χ0v) is 9.86. The maximum absolute atomic E-state index is 10.8. The van der Waals surface area contributed by atoms with Crippen molar-refractivity contribution in [2.45, 2.75) is 0 Å². The molecule has 0 aliphatic carbocycles. The first-order valence-corrected chi connectivity index (χ1v) is 6.53. The molecule has 0 fully saturated rings. The van der Waals surface area contributed by atoms with E-state index in [0.29, 0.717) is 0 Å². The predicted molar refractivity (Wildman–Crippen MR) is 60.3 cm³/mol. The Morgan fingerprint density at radius 2 is 2.18 bits per heavy atom. The molecule has 0 saturated carbocycles. The molecule has 1 aromatic rings. The van der Waals surface area contributed by atoms with Gasteiger partial charge in [0.1, 0.15) is 5.56 Å². The molecule has 0 atom stereocenters. The number of anilines is 1. The van der Waals surface area contributed by atoms with Crippen LogP contribution in [0.3, 0.4) is 0 Å². The van der Waals surface area contributed by atoms with Gasteiger partial charge in [0.2, 0.25) is 10.0 Å². The predicted octanol–water partition coefficient (Wildman–Crippen LogP) is -0.864. The van der Waals surface area contributed by atoms with Gasteiger partial charge in [0.05, 0.1) is 12.5 Å². The summed E-state index contributed by atoms with van der Waals surface area (Å²) in [5.74, 6) is -1.02. The largest absolute Gasteiger partial charge is 0.478 e. The number of carbonyl (C=O) groups is 1. The van der Waals surface area contributed by atoms with Gasteiger partial charge in [0.25, 0.3) is 0 Å². The molecule has 0 saturated heterocycles. The van der Waals surface area contributed by atoms with E-state index in [4.69, 9.17) is 5.11 Å². The number of hydrogen-bond donors (Lipinski definition) is 3. The van der Waals surface area contributed by atoms with Crippen molar-refractivity contribution in [1.29, 1.82) is 0 Å². The third kappa shape index (κ3) is 4.74. The van der Waals surface area contributed by atoms with Gasteiger partial charge in [-0.15, -0.1) is 5.10 Å². The highest BCUT2D eigenvalue weighted by molar-refractivity contribution is 7.88. The first-order chi connectivity index (χ1) is 7.90. The van der Waals surface area contributed by atoms with Crippen molar-refractivity contribution < 1.29 is 18.3 Å². The molecule has 94 valence electrons. The lowest BCUT2D eigenvalue weighted by Gasteiger charge is -2.07. The average Bonchev–Trinajstić information content (AvgIpc) is 2.23. The Labute approximate surface area is 98.1 Å². The van der Waals surface area contributed by atoms with E-state index in [-0.39, 0.29) is 24.5 Å². The Kier molecular flexibility index (Phi) is 4.35. The maximum Gasteiger partial charge on any atom is 0.339 e. The maximum atomic E-state index is 10.8. The normalized spacial score (nSPS) is 11.1. The fraction of sp³-hybridized carbons (Fsp3) is 0.375. The van der Waals surface area contributed by atoms with Gasteiger partial charge in [-0.3, -0.25) is 0 Å². The highest BCUT2D eigenvalue weighted by Crippen LogP contribution is 2.08. The summed E-state index contributed by atoms with van der Waals surface area (Å²) in [5.41, 5.74) is -0.0145. The van der Waals surface area contributed by atoms with Gasteiger partial charge in [-0.25, -0.2) is 17.9 Å². The summed E-state index contributed by atoms with van der Waals surface area (Å²) >= 11 is 0. The smallest absolute Gasteiger partial charge is 0.339 e. The lowest BCUT2D eigenvalue weighted by molar-refractivity contribution is 0.0697. The van der Waals surface area contributed by atoms with Gasteiger partial charge in [-0.2, -0.15) is 5.10 Å². The second-order valence-electron chi connectivity index (χ2n) is 3.19. The van der Waals surface area contributed by atoms with Crippen LogP contribution in [0.25, 0.3) is 0 Å². The molecular weight excluding hydrogens is 248 g/mol. The molecular formula is C8H12N4O4S. The van der Waals surface area contributed by atoms with Crippen LogP contribution in [0.1, 0.15) is 10.4 Å². The molecule has 0 aliphatic rings. The number of nitrogens with zero attached hydrogens (tertiary/aromatic N) is 2. The van der Waals surface area contributed by atoms with E-state index in [9.17, 15) is 13.2 Å². The fourth-order valence-corrected chi connectivity index (χ4v) is 1.53. The van der Waals surface area contributed by atoms with Crippen molar-refractivity contribution in [1.82, 2.24) is 14.9 Å². The Bertz CT molecular complexity index is 502. The zero-order chi connectivity index (χ0) is 12.9. The third-order valence-electron chi connectivity index (χ3n) is 1.73. The Morgan fingerprint density at radius 3 is 2.76 bits per heavy atom. The highest BCUT2D eigenvalue weighted by Gasteiger charge is 2.10. The number of sulfonamides is 1. The average molecular weight is 260 g/mol. The molecule has 1 rings (SSSR count). The van der Waals surface area contributed by atoms with E-state index < -0.39 is 16.0 Å². The van der Waals surface area contributed by atoms with Crippen LogP contribution in [0.15, 0.2) is 12.3 Å². The zero-order valence-electron chi connectivity index (χ0n) is 9.04. The highest BCUT2D eigenvalue weighted by atomic mass is 32.2. The van der Waals surface area contributed by atoms with Crippen LogP contribution >= 0.6 is 0 Å². The van der Waals surface area contributed by atoms with Crippen LogP contribution in [-0.4, -0.2) is 49.0 Å². The van der Waals surface area contributed by atoms with Crippen molar-refractivity contribution in [2.75, 3.05) is 24.7 Å². The quantitative estimate of drug-likeness (QED) is 0.569. The van der Waals surface area contributed by atoms with Crippen LogP contribution in [0.2, 0.25) is 0 Å². The van der Waals surface area contributed by atoms with Crippen LogP contribution in [0.4, 0.5) is 5.82 Å². The Morgan fingerprint density at radius 1 is 1.47 bits per heavy atom. The van der Waals surface area contributed by atoms with Crippen molar-refractivity contribution >= 4 is 21.8 Å². The number of nitrogens with one attached hydrogen (secondary N) is 2. The van der Waals surface area contributed by atoms with Crippen LogP contribution < -0.4 is 10.0 Å². The molecule has 0 unspecified atom stereocenters. The summed E-state index contributed by atoms with van der Waals surface area (Å²) in [6, 6.07) is 1.31. The number of carboxylic acid groups (broad SMARTS) is 1. The molecule has 0 amide bonds. The molecule has 0 aliphatic heterocycles. The van der Waals surface area contributed by atoms with Crippen molar-refractivity contribution in [3.8, 4) is 0 Å². The molecule has 1 heterocycles. The first-order valence-electron chi connectivity index (χ1n) is 4.63. The number of hydrogen-bond acceptors (Lipinski definition) is 6. The van der Waals surface area contributed by atoms with Crippen LogP contribution in [-0.2, 0) is 10.0 Å². The molecule has 0 spiro atoms. The molecule has 0 bridgehead atoms. The molecule has 9 heteroatoms. The van der Waals surface area contributed by atoms with Crippen molar-refractivity contribution in [2.24, 2.45) is 0 Å². The third-order valence-corrected chi connectivity index (χ3v) is 2.46. The topological polar surface area (TPSA) is 121 Å². The van der Waals surface area contributed by atoms with Gasteiger partial charge in [-0.05, 0) is 6.07 Å². The van der Waals surface area contributed by atoms with E-state index in [1.54, 1.807) is 0 Å². The molecule has 17 heavy (non-hydrogen) atoms. The Balaban J connectivity index is 2.55. The second-order valence-corrected chi connectivity index (χ2v) is 5.02. The lowest BCUT2D eigenvalue weighted by atomic mass is 10.3. The summed E-state index contributed by atoms with van der Waals surface area (Å²) < 4.78 is 23.8. The number of carboxylic acids is 1. The summed E-state index contributed by atoms with van der Waals surface area (Å²) in [6.07, 6.45) is 2.31. The van der Waals surface area contributed by atoms with Crippen molar-refractivity contribution in [3.05, 3.63) is 17.8 Å². The lowest BCUT2D eigenvalue weighted by Crippen LogP contribution is -2.28. The number of aromatic carboxylic acids is 1. The fourth-order valence-electron chi connectivity index (χ4n) is 1.05. The van der Waals surface area contributed by atoms with Gasteiger partial charge >= 0.3 is 5.97 Å². The van der Waals surface area contributed by atoms with E-state index in [0.717, 1.165) is 6.26 Å². The minimum Gasteiger partial charge on any atom is -0.478 e. The molecule has 3 N–H and O–H groups in total. The first kappa shape index (κ1) is 13.3. The summed E-state index contributed by atoms with van der Waals surface area (Å²) in [5, 5.41) is 18.7. The van der Waals surface area contributed by atoms with Gasteiger partial charge in [-0.1, -0.05) is 0 Å². The summed E-state index contributed by atoms with van der Waals surface area (Å²) in [6.45, 7) is 0.348. The van der Waals surface area contributed by atoms with E-state index >= 15 is 0 Å².